The number of hydrogen-bond acceptors (Lipinski definition) is 3. The van der Waals surface area contributed by atoms with Gasteiger partial charge in [-0.1, -0.05) is 31.5 Å². The maximum Gasteiger partial charge on any atom is 0.198 e. The van der Waals surface area contributed by atoms with Crippen LogP contribution in [0.3, 0.4) is 0 Å². The molecule has 2 aromatic carbocycles. The van der Waals surface area contributed by atoms with Gasteiger partial charge in [-0.15, -0.1) is 0 Å². The second-order valence-corrected chi connectivity index (χ2v) is 6.26. The number of aromatic hydroxyl groups is 1. The first-order valence-electron chi connectivity index (χ1n) is 9.02. The van der Waals surface area contributed by atoms with Gasteiger partial charge in [0, 0.05) is 36.3 Å². The fourth-order valence-corrected chi connectivity index (χ4v) is 3.05. The zero-order valence-corrected chi connectivity index (χ0v) is 15.2. The quantitative estimate of drug-likeness (QED) is 0.560. The van der Waals surface area contributed by atoms with E-state index in [4.69, 9.17) is 0 Å². The van der Waals surface area contributed by atoms with E-state index in [1.165, 1.54) is 6.07 Å². The van der Waals surface area contributed by atoms with Crippen LogP contribution in [0, 0.1) is 5.82 Å². The second-order valence-electron chi connectivity index (χ2n) is 6.26. The van der Waals surface area contributed by atoms with E-state index in [-0.39, 0.29) is 11.7 Å². The van der Waals surface area contributed by atoms with Crippen molar-refractivity contribution in [1.82, 2.24) is 4.98 Å². The number of benzene rings is 2. The largest absolute Gasteiger partial charge is 0.494 e. The Balaban J connectivity index is 1.85. The molecule has 0 bridgehead atoms. The number of anilines is 1. The van der Waals surface area contributed by atoms with E-state index in [1.54, 1.807) is 18.3 Å². The highest BCUT2D eigenvalue weighted by Crippen LogP contribution is 2.28. The number of rotatable bonds is 7. The van der Waals surface area contributed by atoms with E-state index in [1.807, 2.05) is 36.1 Å². The Morgan fingerprint density at radius 3 is 2.73 bits per heavy atom. The number of nitrogens with zero attached hydrogens (tertiary/aromatic N) is 2. The number of unbranched alkanes of at least 4 members (excludes halogenated alkanes) is 1. The van der Waals surface area contributed by atoms with Gasteiger partial charge in [-0.2, -0.15) is 0 Å². The van der Waals surface area contributed by atoms with E-state index >= 15 is 0 Å². The summed E-state index contributed by atoms with van der Waals surface area (Å²) in [5.74, 6) is -0.218. The molecule has 0 spiro atoms. The van der Waals surface area contributed by atoms with E-state index in [9.17, 15) is 9.50 Å². The summed E-state index contributed by atoms with van der Waals surface area (Å²) in [6, 6.07) is 12.6. The van der Waals surface area contributed by atoms with Gasteiger partial charge in [0.15, 0.2) is 5.88 Å². The van der Waals surface area contributed by atoms with Crippen LogP contribution in [0.5, 0.6) is 5.88 Å². The molecule has 4 nitrogen and oxygen atoms in total. The fraction of sp³-hybridized carbons (Fsp3) is 0.286. The highest BCUT2D eigenvalue weighted by Gasteiger charge is 2.11. The number of aromatic amines is 1. The van der Waals surface area contributed by atoms with Gasteiger partial charge < -0.3 is 15.0 Å². The van der Waals surface area contributed by atoms with Gasteiger partial charge in [0.2, 0.25) is 0 Å². The Kier molecular flexibility index (Phi) is 5.56. The first-order valence-corrected chi connectivity index (χ1v) is 9.02. The van der Waals surface area contributed by atoms with Crippen LogP contribution in [0.25, 0.3) is 10.9 Å². The zero-order chi connectivity index (χ0) is 18.5. The first kappa shape index (κ1) is 18.0. The van der Waals surface area contributed by atoms with Crippen LogP contribution < -0.4 is 4.90 Å². The molecule has 2 N–H and O–H groups in total. The Labute approximate surface area is 153 Å². The molecule has 1 aromatic heterocycles. The van der Waals surface area contributed by atoms with Gasteiger partial charge in [0.25, 0.3) is 0 Å². The zero-order valence-electron chi connectivity index (χ0n) is 15.2. The monoisotopic (exact) mass is 353 g/mol. The van der Waals surface area contributed by atoms with Gasteiger partial charge in [-0.25, -0.2) is 4.39 Å². The Bertz CT molecular complexity index is 917. The van der Waals surface area contributed by atoms with E-state index < -0.39 is 0 Å². The molecule has 0 unspecified atom stereocenters. The smallest absolute Gasteiger partial charge is 0.198 e. The van der Waals surface area contributed by atoms with Crippen molar-refractivity contribution < 1.29 is 9.50 Å². The van der Waals surface area contributed by atoms with Crippen molar-refractivity contribution in [3.63, 3.8) is 0 Å². The van der Waals surface area contributed by atoms with Crippen LogP contribution in [0.4, 0.5) is 15.8 Å². The molecule has 0 radical (unpaired) electrons. The normalized spacial score (nSPS) is 11.5. The van der Waals surface area contributed by atoms with E-state index in [0.29, 0.717) is 16.9 Å². The van der Waals surface area contributed by atoms with Crippen molar-refractivity contribution in [3.8, 4) is 5.88 Å². The molecule has 0 fully saturated rings. The fourth-order valence-electron chi connectivity index (χ4n) is 3.05. The summed E-state index contributed by atoms with van der Waals surface area (Å²) in [4.78, 5) is 9.29. The van der Waals surface area contributed by atoms with Gasteiger partial charge >= 0.3 is 0 Å². The van der Waals surface area contributed by atoms with Crippen LogP contribution in [0.2, 0.25) is 0 Å². The third-order valence-electron chi connectivity index (χ3n) is 4.50. The molecular weight excluding hydrogens is 329 g/mol. The van der Waals surface area contributed by atoms with Crippen LogP contribution in [-0.2, 0) is 0 Å². The lowest BCUT2D eigenvalue weighted by atomic mass is 10.2. The minimum Gasteiger partial charge on any atom is -0.494 e. The maximum atomic E-state index is 14.5. The summed E-state index contributed by atoms with van der Waals surface area (Å²) < 4.78 is 14.5. The Morgan fingerprint density at radius 1 is 1.19 bits per heavy atom. The molecule has 0 aliphatic rings. The molecule has 0 saturated heterocycles. The molecule has 3 rings (SSSR count). The lowest BCUT2D eigenvalue weighted by molar-refractivity contribution is 0.457. The molecule has 0 atom stereocenters. The molecule has 0 aliphatic heterocycles. The average molecular weight is 353 g/mol. The number of para-hydroxylation sites is 1. The second kappa shape index (κ2) is 8.04. The molecule has 0 aliphatic carbocycles. The topological polar surface area (TPSA) is 51.6 Å². The number of fused-ring (bicyclic) bond motifs is 1. The first-order chi connectivity index (χ1) is 12.6. The predicted molar refractivity (Wildman–Crippen MR) is 106 cm³/mol. The minimum absolute atomic E-state index is 0.0590. The number of nitrogens with one attached hydrogen (secondary N) is 1. The lowest BCUT2D eigenvalue weighted by Crippen LogP contribution is -2.24. The highest BCUT2D eigenvalue weighted by atomic mass is 19.1. The molecule has 0 saturated carbocycles. The van der Waals surface area contributed by atoms with Crippen molar-refractivity contribution in [2.45, 2.75) is 26.7 Å². The molecule has 5 heteroatoms. The van der Waals surface area contributed by atoms with Crippen molar-refractivity contribution in [2.24, 2.45) is 4.99 Å². The summed E-state index contributed by atoms with van der Waals surface area (Å²) in [6.45, 7) is 5.77. The van der Waals surface area contributed by atoms with Crippen LogP contribution in [0.1, 0.15) is 32.3 Å². The maximum absolute atomic E-state index is 14.5. The molecule has 0 amide bonds. The third-order valence-corrected chi connectivity index (χ3v) is 4.50. The number of halogens is 1. The molecule has 136 valence electrons. The SMILES string of the molecule is CCCCN(CC)c1ccc(N=Cc2c(O)[nH]c3ccccc23)cc1F. The van der Waals surface area contributed by atoms with Crippen LogP contribution in [-0.4, -0.2) is 29.4 Å². The lowest BCUT2D eigenvalue weighted by Gasteiger charge is -2.23. The number of aliphatic imine (C=N–C) groups is 1. The van der Waals surface area contributed by atoms with Crippen molar-refractivity contribution in [2.75, 3.05) is 18.0 Å². The van der Waals surface area contributed by atoms with Gasteiger partial charge in [-0.3, -0.25) is 4.99 Å². The number of hydrogen-bond donors (Lipinski definition) is 2. The minimum atomic E-state index is -0.277. The number of H-pyrrole nitrogens is 1. The van der Waals surface area contributed by atoms with Gasteiger partial charge in [0.1, 0.15) is 5.82 Å². The van der Waals surface area contributed by atoms with Gasteiger partial charge in [0.05, 0.1) is 16.9 Å². The number of aromatic nitrogens is 1. The summed E-state index contributed by atoms with van der Waals surface area (Å²) in [6.07, 6.45) is 3.68. The molecule has 1 heterocycles. The molecule has 3 aromatic rings. The molecular formula is C21H24FN3O. The Morgan fingerprint density at radius 2 is 2.00 bits per heavy atom. The summed E-state index contributed by atoms with van der Waals surface area (Å²) in [7, 11) is 0. The van der Waals surface area contributed by atoms with E-state index in [0.717, 1.165) is 36.8 Å². The van der Waals surface area contributed by atoms with Crippen LogP contribution in [0.15, 0.2) is 47.5 Å². The standard InChI is InChI=1S/C21H24FN3O/c1-3-5-12-25(4-2)20-11-10-15(13-18(20)22)23-14-17-16-8-6-7-9-19(16)24-21(17)26/h6-11,13-14,24,26H,3-5,12H2,1-2H3. The molecule has 26 heavy (non-hydrogen) atoms. The predicted octanol–water partition coefficient (Wildman–Crippen LogP) is 5.39. The van der Waals surface area contributed by atoms with Crippen molar-refractivity contribution in [3.05, 3.63) is 53.8 Å². The van der Waals surface area contributed by atoms with Crippen LogP contribution >= 0.6 is 0 Å². The third kappa shape index (κ3) is 3.72. The summed E-state index contributed by atoms with van der Waals surface area (Å²) in [5.41, 5.74) is 2.56. The van der Waals surface area contributed by atoms with E-state index in [2.05, 4.69) is 16.9 Å². The van der Waals surface area contributed by atoms with Gasteiger partial charge in [-0.05, 0) is 31.5 Å². The highest BCUT2D eigenvalue weighted by molar-refractivity contribution is 6.02. The average Bonchev–Trinajstić information content (AvgIpc) is 2.97. The summed E-state index contributed by atoms with van der Waals surface area (Å²) >= 11 is 0. The summed E-state index contributed by atoms with van der Waals surface area (Å²) in [5, 5.41) is 10.9. The van der Waals surface area contributed by atoms with Crippen molar-refractivity contribution >= 4 is 28.5 Å². The Hall–Kier alpha value is -2.82. The van der Waals surface area contributed by atoms with Crippen molar-refractivity contribution in [1.29, 1.82) is 0 Å².